The van der Waals surface area contributed by atoms with E-state index in [9.17, 15) is 13.2 Å². The molecule has 1 aliphatic heterocycles. The summed E-state index contributed by atoms with van der Waals surface area (Å²) in [5.74, 6) is -0.201. The standard InChI is InChI=1S/C15H22N2O4S/c1-21-12-15(18)16-11-13-5-7-14(8-6-13)22(19,20)17-9-3-2-4-10-17/h5-8H,2-4,9-12H2,1H3,(H,16,18). The summed E-state index contributed by atoms with van der Waals surface area (Å²) >= 11 is 0. The van der Waals surface area contributed by atoms with Crippen LogP contribution in [-0.4, -0.2) is 45.4 Å². The quantitative estimate of drug-likeness (QED) is 0.850. The van der Waals surface area contributed by atoms with E-state index in [0.29, 0.717) is 24.5 Å². The van der Waals surface area contributed by atoms with Gasteiger partial charge in [-0.15, -0.1) is 0 Å². The van der Waals surface area contributed by atoms with E-state index >= 15 is 0 Å². The number of rotatable bonds is 6. The Morgan fingerprint density at radius 3 is 2.41 bits per heavy atom. The molecule has 22 heavy (non-hydrogen) atoms. The van der Waals surface area contributed by atoms with E-state index in [2.05, 4.69) is 5.32 Å². The number of amides is 1. The number of carbonyl (C=O) groups is 1. The third-order valence-electron chi connectivity index (χ3n) is 3.64. The van der Waals surface area contributed by atoms with Crippen LogP contribution < -0.4 is 5.32 Å². The molecule has 1 saturated heterocycles. The van der Waals surface area contributed by atoms with Gasteiger partial charge in [-0.05, 0) is 30.5 Å². The van der Waals surface area contributed by atoms with Crippen LogP contribution in [0, 0.1) is 0 Å². The van der Waals surface area contributed by atoms with Crippen LogP contribution in [0.4, 0.5) is 0 Å². The van der Waals surface area contributed by atoms with E-state index in [4.69, 9.17) is 4.74 Å². The summed E-state index contributed by atoms with van der Waals surface area (Å²) in [5.41, 5.74) is 0.849. The first-order chi connectivity index (χ1) is 10.5. The Bertz CT molecular complexity index is 592. The lowest BCUT2D eigenvalue weighted by atomic mass is 10.2. The van der Waals surface area contributed by atoms with Gasteiger partial charge in [0, 0.05) is 26.7 Å². The van der Waals surface area contributed by atoms with E-state index in [1.165, 1.54) is 7.11 Å². The van der Waals surface area contributed by atoms with Crippen molar-refractivity contribution in [2.45, 2.75) is 30.7 Å². The van der Waals surface area contributed by atoms with Crippen molar-refractivity contribution >= 4 is 15.9 Å². The van der Waals surface area contributed by atoms with Crippen molar-refractivity contribution in [2.24, 2.45) is 0 Å². The molecule has 0 atom stereocenters. The molecule has 0 saturated carbocycles. The Balaban J connectivity index is 2.00. The summed E-state index contributed by atoms with van der Waals surface area (Å²) in [4.78, 5) is 11.6. The van der Waals surface area contributed by atoms with Gasteiger partial charge in [0.2, 0.25) is 15.9 Å². The first-order valence-corrected chi connectivity index (χ1v) is 8.83. The maximum Gasteiger partial charge on any atom is 0.246 e. The molecule has 1 N–H and O–H groups in total. The number of ether oxygens (including phenoxy) is 1. The molecule has 1 aromatic rings. The van der Waals surface area contributed by atoms with Gasteiger partial charge in [-0.25, -0.2) is 8.42 Å². The van der Waals surface area contributed by atoms with Gasteiger partial charge in [0.05, 0.1) is 4.90 Å². The van der Waals surface area contributed by atoms with Crippen LogP contribution in [0.15, 0.2) is 29.2 Å². The Morgan fingerprint density at radius 1 is 1.18 bits per heavy atom. The zero-order valence-corrected chi connectivity index (χ0v) is 13.6. The van der Waals surface area contributed by atoms with Gasteiger partial charge < -0.3 is 10.1 Å². The van der Waals surface area contributed by atoms with E-state index in [0.717, 1.165) is 24.8 Å². The average molecular weight is 326 g/mol. The number of nitrogens with zero attached hydrogens (tertiary/aromatic N) is 1. The predicted molar refractivity (Wildman–Crippen MR) is 82.8 cm³/mol. The zero-order valence-electron chi connectivity index (χ0n) is 12.7. The lowest BCUT2D eigenvalue weighted by molar-refractivity contribution is -0.124. The number of benzene rings is 1. The molecule has 0 bridgehead atoms. The van der Waals surface area contributed by atoms with Gasteiger partial charge in [-0.2, -0.15) is 4.31 Å². The second-order valence-electron chi connectivity index (χ2n) is 5.32. The summed E-state index contributed by atoms with van der Waals surface area (Å²) in [6.45, 7) is 1.56. The van der Waals surface area contributed by atoms with Gasteiger partial charge in [0.25, 0.3) is 0 Å². The van der Waals surface area contributed by atoms with Crippen LogP contribution >= 0.6 is 0 Å². The summed E-state index contributed by atoms with van der Waals surface area (Å²) in [6, 6.07) is 6.65. The van der Waals surface area contributed by atoms with Crippen molar-refractivity contribution in [3.05, 3.63) is 29.8 Å². The van der Waals surface area contributed by atoms with Gasteiger partial charge in [0.15, 0.2) is 0 Å². The predicted octanol–water partition coefficient (Wildman–Crippen LogP) is 1.12. The molecule has 1 aromatic carbocycles. The SMILES string of the molecule is COCC(=O)NCc1ccc(S(=O)(=O)N2CCCCC2)cc1. The molecular weight excluding hydrogens is 304 g/mol. The van der Waals surface area contributed by atoms with E-state index < -0.39 is 10.0 Å². The molecule has 6 nitrogen and oxygen atoms in total. The lowest BCUT2D eigenvalue weighted by Crippen LogP contribution is -2.35. The van der Waals surface area contributed by atoms with Crippen molar-refractivity contribution in [1.82, 2.24) is 9.62 Å². The molecule has 2 rings (SSSR count). The number of hydrogen-bond donors (Lipinski definition) is 1. The van der Waals surface area contributed by atoms with Gasteiger partial charge in [-0.1, -0.05) is 18.6 Å². The van der Waals surface area contributed by atoms with E-state index in [1.54, 1.807) is 28.6 Å². The molecule has 0 radical (unpaired) electrons. The highest BCUT2D eigenvalue weighted by Crippen LogP contribution is 2.20. The highest BCUT2D eigenvalue weighted by Gasteiger charge is 2.25. The van der Waals surface area contributed by atoms with Crippen molar-refractivity contribution in [1.29, 1.82) is 0 Å². The minimum Gasteiger partial charge on any atom is -0.375 e. The van der Waals surface area contributed by atoms with Crippen molar-refractivity contribution in [3.63, 3.8) is 0 Å². The minimum absolute atomic E-state index is 0.0153. The topological polar surface area (TPSA) is 75.7 Å². The fourth-order valence-corrected chi connectivity index (χ4v) is 3.93. The number of hydrogen-bond acceptors (Lipinski definition) is 4. The van der Waals surface area contributed by atoms with Crippen molar-refractivity contribution < 1.29 is 17.9 Å². The molecule has 1 aliphatic rings. The van der Waals surface area contributed by atoms with Crippen LogP contribution in [-0.2, 0) is 26.1 Å². The van der Waals surface area contributed by atoms with Gasteiger partial charge >= 0.3 is 0 Å². The summed E-state index contributed by atoms with van der Waals surface area (Å²) in [7, 11) is -1.93. The molecule has 1 amide bonds. The molecule has 0 aliphatic carbocycles. The molecule has 1 fully saturated rings. The highest BCUT2D eigenvalue weighted by atomic mass is 32.2. The minimum atomic E-state index is -3.39. The molecule has 0 unspecified atom stereocenters. The maximum atomic E-state index is 12.5. The fraction of sp³-hybridized carbons (Fsp3) is 0.533. The first kappa shape index (κ1) is 16.9. The Morgan fingerprint density at radius 2 is 1.82 bits per heavy atom. The summed E-state index contributed by atoms with van der Waals surface area (Å²) < 4.78 is 31.3. The molecular formula is C15H22N2O4S. The smallest absolute Gasteiger partial charge is 0.246 e. The van der Waals surface area contributed by atoms with Crippen LogP contribution in [0.3, 0.4) is 0 Å². The number of nitrogens with one attached hydrogen (secondary N) is 1. The van der Waals surface area contributed by atoms with Crippen molar-refractivity contribution in [3.8, 4) is 0 Å². The monoisotopic (exact) mass is 326 g/mol. The van der Waals surface area contributed by atoms with Crippen LogP contribution in [0.25, 0.3) is 0 Å². The largest absolute Gasteiger partial charge is 0.375 e. The number of methoxy groups -OCH3 is 1. The van der Waals surface area contributed by atoms with Crippen LogP contribution in [0.5, 0.6) is 0 Å². The van der Waals surface area contributed by atoms with Gasteiger partial charge in [-0.3, -0.25) is 4.79 Å². The first-order valence-electron chi connectivity index (χ1n) is 7.39. The lowest BCUT2D eigenvalue weighted by Gasteiger charge is -2.25. The molecule has 0 spiro atoms. The number of piperidine rings is 1. The Hall–Kier alpha value is -1.44. The van der Waals surface area contributed by atoms with E-state index in [1.807, 2.05) is 0 Å². The Labute approximate surface area is 131 Å². The molecule has 7 heteroatoms. The molecule has 0 aromatic heterocycles. The van der Waals surface area contributed by atoms with Crippen molar-refractivity contribution in [2.75, 3.05) is 26.8 Å². The summed E-state index contributed by atoms with van der Waals surface area (Å²) in [6.07, 6.45) is 2.93. The maximum absolute atomic E-state index is 12.5. The van der Waals surface area contributed by atoms with Gasteiger partial charge in [0.1, 0.15) is 6.61 Å². The third kappa shape index (κ3) is 4.28. The Kier molecular flexibility index (Phi) is 5.93. The zero-order chi connectivity index (χ0) is 16.0. The third-order valence-corrected chi connectivity index (χ3v) is 5.55. The second kappa shape index (κ2) is 7.71. The molecule has 122 valence electrons. The summed E-state index contributed by atoms with van der Waals surface area (Å²) in [5, 5.41) is 2.70. The average Bonchev–Trinajstić information content (AvgIpc) is 2.54. The van der Waals surface area contributed by atoms with E-state index in [-0.39, 0.29) is 12.5 Å². The fourth-order valence-electron chi connectivity index (χ4n) is 2.42. The number of carbonyl (C=O) groups excluding carboxylic acids is 1. The normalized spacial score (nSPS) is 16.4. The van der Waals surface area contributed by atoms with Crippen LogP contribution in [0.1, 0.15) is 24.8 Å². The second-order valence-corrected chi connectivity index (χ2v) is 7.26. The number of sulfonamides is 1. The van der Waals surface area contributed by atoms with Crippen LogP contribution in [0.2, 0.25) is 0 Å². The molecule has 1 heterocycles. The highest BCUT2D eigenvalue weighted by molar-refractivity contribution is 7.89.